The van der Waals surface area contributed by atoms with Crippen molar-refractivity contribution in [2.24, 2.45) is 5.73 Å². The minimum Gasteiger partial charge on any atom is -0.508 e. The first-order valence-electron chi connectivity index (χ1n) is 5.32. The van der Waals surface area contributed by atoms with Crippen LogP contribution in [0.1, 0.15) is 37.2 Å². The van der Waals surface area contributed by atoms with Crippen molar-refractivity contribution < 1.29 is 5.11 Å². The largest absolute Gasteiger partial charge is 0.508 e. The van der Waals surface area contributed by atoms with Gasteiger partial charge in [-0.1, -0.05) is 25.0 Å². The molecule has 14 heavy (non-hydrogen) atoms. The van der Waals surface area contributed by atoms with Gasteiger partial charge in [-0.3, -0.25) is 0 Å². The first kappa shape index (κ1) is 9.53. The number of hydrogen-bond donors (Lipinski definition) is 2. The fourth-order valence-corrected chi connectivity index (χ4v) is 2.33. The average Bonchev–Trinajstić information content (AvgIpc) is 2.18. The standard InChI is InChI=1S/C12H17NO/c13-12-7-2-1-6-11(12)9-4-3-5-10(14)8-9/h3-5,8,11-12,14H,1-2,6-7,13H2/t11-,12+/m0/s1. The van der Waals surface area contributed by atoms with Crippen LogP contribution < -0.4 is 5.73 Å². The van der Waals surface area contributed by atoms with E-state index in [1.807, 2.05) is 12.1 Å². The van der Waals surface area contributed by atoms with Gasteiger partial charge in [-0.2, -0.15) is 0 Å². The maximum Gasteiger partial charge on any atom is 0.115 e. The fraction of sp³-hybridized carbons (Fsp3) is 0.500. The van der Waals surface area contributed by atoms with Gasteiger partial charge >= 0.3 is 0 Å². The number of hydrogen-bond acceptors (Lipinski definition) is 2. The zero-order valence-electron chi connectivity index (χ0n) is 8.32. The van der Waals surface area contributed by atoms with Gasteiger partial charge in [-0.15, -0.1) is 0 Å². The van der Waals surface area contributed by atoms with E-state index in [-0.39, 0.29) is 6.04 Å². The molecule has 1 aromatic carbocycles. The lowest BCUT2D eigenvalue weighted by atomic mass is 9.80. The number of nitrogens with two attached hydrogens (primary N) is 1. The van der Waals surface area contributed by atoms with Crippen LogP contribution in [0, 0.1) is 0 Å². The minimum absolute atomic E-state index is 0.269. The Bertz CT molecular complexity index is 311. The molecular formula is C12H17NO. The minimum atomic E-state index is 0.269. The van der Waals surface area contributed by atoms with Crippen LogP contribution >= 0.6 is 0 Å². The van der Waals surface area contributed by atoms with Gasteiger partial charge in [-0.05, 0) is 36.5 Å². The summed E-state index contributed by atoms with van der Waals surface area (Å²) in [6.45, 7) is 0. The first-order valence-corrected chi connectivity index (χ1v) is 5.32. The summed E-state index contributed by atoms with van der Waals surface area (Å²) in [5.41, 5.74) is 7.27. The molecule has 1 saturated carbocycles. The van der Waals surface area contributed by atoms with E-state index in [1.54, 1.807) is 6.07 Å². The number of aromatic hydroxyl groups is 1. The van der Waals surface area contributed by atoms with Crippen molar-refractivity contribution in [3.05, 3.63) is 29.8 Å². The summed E-state index contributed by atoms with van der Waals surface area (Å²) >= 11 is 0. The summed E-state index contributed by atoms with van der Waals surface area (Å²) in [5, 5.41) is 9.39. The Morgan fingerprint density at radius 2 is 2.00 bits per heavy atom. The van der Waals surface area contributed by atoms with Crippen LogP contribution in [0.4, 0.5) is 0 Å². The van der Waals surface area contributed by atoms with Crippen molar-refractivity contribution in [2.75, 3.05) is 0 Å². The molecule has 2 heteroatoms. The van der Waals surface area contributed by atoms with E-state index in [1.165, 1.54) is 18.4 Å². The molecule has 0 aromatic heterocycles. The highest BCUT2D eigenvalue weighted by Gasteiger charge is 2.23. The second-order valence-corrected chi connectivity index (χ2v) is 4.15. The Morgan fingerprint density at radius 3 is 2.71 bits per heavy atom. The molecular weight excluding hydrogens is 174 g/mol. The summed E-state index contributed by atoms with van der Waals surface area (Å²) in [6, 6.07) is 7.78. The molecule has 0 saturated heterocycles. The molecule has 0 unspecified atom stereocenters. The van der Waals surface area contributed by atoms with Gasteiger partial charge < -0.3 is 10.8 Å². The van der Waals surface area contributed by atoms with Crippen LogP contribution in [0.3, 0.4) is 0 Å². The quantitative estimate of drug-likeness (QED) is 0.716. The summed E-state index contributed by atoms with van der Waals surface area (Å²) in [6.07, 6.45) is 4.77. The third kappa shape index (κ3) is 1.90. The van der Waals surface area contributed by atoms with Gasteiger partial charge in [0.25, 0.3) is 0 Å². The monoisotopic (exact) mass is 191 g/mol. The van der Waals surface area contributed by atoms with Crippen LogP contribution in [0.5, 0.6) is 5.75 Å². The van der Waals surface area contributed by atoms with Crippen molar-refractivity contribution in [1.29, 1.82) is 0 Å². The molecule has 76 valence electrons. The molecule has 1 aliphatic rings. The van der Waals surface area contributed by atoms with E-state index in [9.17, 15) is 5.11 Å². The smallest absolute Gasteiger partial charge is 0.115 e. The van der Waals surface area contributed by atoms with Crippen molar-refractivity contribution in [1.82, 2.24) is 0 Å². The van der Waals surface area contributed by atoms with Gasteiger partial charge in [0.1, 0.15) is 5.75 Å². The highest BCUT2D eigenvalue weighted by atomic mass is 16.3. The zero-order valence-corrected chi connectivity index (χ0v) is 8.32. The van der Waals surface area contributed by atoms with Gasteiger partial charge in [0, 0.05) is 6.04 Å². The van der Waals surface area contributed by atoms with Gasteiger partial charge in [-0.25, -0.2) is 0 Å². The van der Waals surface area contributed by atoms with Crippen molar-refractivity contribution >= 4 is 0 Å². The van der Waals surface area contributed by atoms with Gasteiger partial charge in [0.2, 0.25) is 0 Å². The maximum atomic E-state index is 9.39. The summed E-state index contributed by atoms with van der Waals surface area (Å²) < 4.78 is 0. The van der Waals surface area contributed by atoms with E-state index < -0.39 is 0 Å². The van der Waals surface area contributed by atoms with E-state index in [0.717, 1.165) is 12.8 Å². The predicted molar refractivity (Wildman–Crippen MR) is 57.3 cm³/mol. The molecule has 2 atom stereocenters. The molecule has 0 bridgehead atoms. The van der Waals surface area contributed by atoms with Crippen LogP contribution in [-0.2, 0) is 0 Å². The van der Waals surface area contributed by atoms with Crippen molar-refractivity contribution in [3.8, 4) is 5.75 Å². The maximum absolute atomic E-state index is 9.39. The molecule has 0 heterocycles. The Hall–Kier alpha value is -1.02. The topological polar surface area (TPSA) is 46.2 Å². The van der Waals surface area contributed by atoms with Crippen LogP contribution in [-0.4, -0.2) is 11.1 Å². The van der Waals surface area contributed by atoms with Gasteiger partial charge in [0.05, 0.1) is 0 Å². The summed E-state index contributed by atoms with van der Waals surface area (Å²) in [5.74, 6) is 0.788. The third-order valence-corrected chi connectivity index (χ3v) is 3.12. The SMILES string of the molecule is N[C@@H]1CCCC[C@H]1c1cccc(O)c1. The molecule has 1 aliphatic carbocycles. The van der Waals surface area contributed by atoms with Crippen molar-refractivity contribution in [3.63, 3.8) is 0 Å². The summed E-state index contributed by atoms with van der Waals surface area (Å²) in [7, 11) is 0. The lowest BCUT2D eigenvalue weighted by Crippen LogP contribution is -2.31. The Balaban J connectivity index is 2.20. The Morgan fingerprint density at radius 1 is 1.21 bits per heavy atom. The predicted octanol–water partition coefficient (Wildman–Crippen LogP) is 2.38. The first-order chi connectivity index (χ1) is 6.77. The molecule has 3 N–H and O–H groups in total. The Kier molecular flexibility index (Phi) is 2.73. The third-order valence-electron chi connectivity index (χ3n) is 3.12. The van der Waals surface area contributed by atoms with Crippen LogP contribution in [0.2, 0.25) is 0 Å². The van der Waals surface area contributed by atoms with E-state index >= 15 is 0 Å². The number of rotatable bonds is 1. The second kappa shape index (κ2) is 4.01. The molecule has 2 rings (SSSR count). The second-order valence-electron chi connectivity index (χ2n) is 4.15. The molecule has 1 aromatic rings. The molecule has 2 nitrogen and oxygen atoms in total. The average molecular weight is 191 g/mol. The lowest BCUT2D eigenvalue weighted by Gasteiger charge is -2.28. The van der Waals surface area contributed by atoms with Crippen LogP contribution in [0.25, 0.3) is 0 Å². The molecule has 1 fully saturated rings. The van der Waals surface area contributed by atoms with Crippen molar-refractivity contribution in [2.45, 2.75) is 37.6 Å². The number of benzene rings is 1. The summed E-state index contributed by atoms with van der Waals surface area (Å²) in [4.78, 5) is 0. The fourth-order valence-electron chi connectivity index (χ4n) is 2.33. The molecule has 0 amide bonds. The lowest BCUT2D eigenvalue weighted by molar-refractivity contribution is 0.384. The van der Waals surface area contributed by atoms with E-state index in [2.05, 4.69) is 6.07 Å². The van der Waals surface area contributed by atoms with E-state index in [0.29, 0.717) is 11.7 Å². The van der Waals surface area contributed by atoms with E-state index in [4.69, 9.17) is 5.73 Å². The number of phenolic OH excluding ortho intramolecular Hbond substituents is 1. The molecule has 0 spiro atoms. The number of phenols is 1. The molecule has 0 aliphatic heterocycles. The Labute approximate surface area is 84.7 Å². The van der Waals surface area contributed by atoms with Crippen LogP contribution in [0.15, 0.2) is 24.3 Å². The van der Waals surface area contributed by atoms with Gasteiger partial charge in [0.15, 0.2) is 0 Å². The molecule has 0 radical (unpaired) electrons. The normalized spacial score (nSPS) is 27.5. The zero-order chi connectivity index (χ0) is 9.97. The highest BCUT2D eigenvalue weighted by Crippen LogP contribution is 2.32. The highest BCUT2D eigenvalue weighted by molar-refractivity contribution is 5.30.